The van der Waals surface area contributed by atoms with Gasteiger partial charge in [0.05, 0.1) is 0 Å². The third kappa shape index (κ3) is 0.770. The van der Waals surface area contributed by atoms with Crippen molar-refractivity contribution in [2.75, 3.05) is 0 Å². The van der Waals surface area contributed by atoms with E-state index in [1.54, 1.807) is 0 Å². The van der Waals surface area contributed by atoms with Crippen LogP contribution in [-0.2, 0) is 0 Å². The topological polar surface area (TPSA) is 12.0 Å². The van der Waals surface area contributed by atoms with Crippen molar-refractivity contribution in [1.82, 2.24) is 5.32 Å². The van der Waals surface area contributed by atoms with Crippen LogP contribution in [0.4, 0.5) is 0 Å². The summed E-state index contributed by atoms with van der Waals surface area (Å²) in [4.78, 5) is 0. The maximum absolute atomic E-state index is 3.30. The number of allylic oxidation sites excluding steroid dienone is 4. The summed E-state index contributed by atoms with van der Waals surface area (Å²) in [6, 6.07) is 0. The Morgan fingerprint density at radius 1 is 1.55 bits per heavy atom. The number of hydrogen-bond donors (Lipinski definition) is 1. The molecule has 1 heteroatoms. The fourth-order valence-electron chi connectivity index (χ4n) is 1.69. The summed E-state index contributed by atoms with van der Waals surface area (Å²) in [6.07, 6.45) is 9.76. The van der Waals surface area contributed by atoms with E-state index >= 15 is 0 Å². The minimum atomic E-state index is 0.273. The third-order valence-corrected chi connectivity index (χ3v) is 2.83. The SMILES string of the molecule is CC1=CNC2=CC=CC[C@@]12C. The molecule has 0 saturated heterocycles. The Morgan fingerprint density at radius 2 is 2.36 bits per heavy atom. The van der Waals surface area contributed by atoms with E-state index in [0.717, 1.165) is 6.42 Å². The van der Waals surface area contributed by atoms with Crippen LogP contribution < -0.4 is 5.32 Å². The number of fused-ring (bicyclic) bond motifs is 1. The van der Waals surface area contributed by atoms with Crippen LogP contribution in [0.1, 0.15) is 20.3 Å². The van der Waals surface area contributed by atoms with Gasteiger partial charge in [0, 0.05) is 17.3 Å². The summed E-state index contributed by atoms with van der Waals surface area (Å²) >= 11 is 0. The maximum Gasteiger partial charge on any atom is 0.0333 e. The van der Waals surface area contributed by atoms with Crippen molar-refractivity contribution < 1.29 is 0 Å². The van der Waals surface area contributed by atoms with Crippen LogP contribution in [0, 0.1) is 5.41 Å². The average molecular weight is 147 g/mol. The summed E-state index contributed by atoms with van der Waals surface area (Å²) in [5.74, 6) is 0. The first kappa shape index (κ1) is 6.71. The highest BCUT2D eigenvalue weighted by Crippen LogP contribution is 2.42. The van der Waals surface area contributed by atoms with Gasteiger partial charge in [-0.1, -0.05) is 12.2 Å². The molecule has 0 aromatic rings. The maximum atomic E-state index is 3.30. The molecule has 0 fully saturated rings. The molecule has 0 unspecified atom stereocenters. The monoisotopic (exact) mass is 147 g/mol. The van der Waals surface area contributed by atoms with E-state index in [2.05, 4.69) is 43.6 Å². The van der Waals surface area contributed by atoms with E-state index in [9.17, 15) is 0 Å². The van der Waals surface area contributed by atoms with Gasteiger partial charge in [0.1, 0.15) is 0 Å². The van der Waals surface area contributed by atoms with Crippen molar-refractivity contribution in [2.45, 2.75) is 20.3 Å². The molecule has 1 aliphatic carbocycles. The van der Waals surface area contributed by atoms with Crippen LogP contribution in [-0.4, -0.2) is 0 Å². The normalized spacial score (nSPS) is 34.0. The zero-order valence-electron chi connectivity index (χ0n) is 7.02. The molecule has 0 bridgehead atoms. The molecule has 2 aliphatic rings. The van der Waals surface area contributed by atoms with E-state index in [4.69, 9.17) is 0 Å². The first-order valence-electron chi connectivity index (χ1n) is 4.04. The molecular formula is C10H13N. The van der Waals surface area contributed by atoms with Crippen LogP contribution in [0.3, 0.4) is 0 Å². The number of rotatable bonds is 0. The van der Waals surface area contributed by atoms with Gasteiger partial charge >= 0.3 is 0 Å². The van der Waals surface area contributed by atoms with Crippen molar-refractivity contribution in [3.8, 4) is 0 Å². The molecule has 1 aliphatic heterocycles. The highest BCUT2D eigenvalue weighted by Gasteiger charge is 2.34. The van der Waals surface area contributed by atoms with Gasteiger partial charge in [0.2, 0.25) is 0 Å². The third-order valence-electron chi connectivity index (χ3n) is 2.83. The van der Waals surface area contributed by atoms with Crippen molar-refractivity contribution in [2.24, 2.45) is 5.41 Å². The van der Waals surface area contributed by atoms with Gasteiger partial charge in [-0.15, -0.1) is 0 Å². The Hall–Kier alpha value is -0.980. The van der Waals surface area contributed by atoms with Crippen LogP contribution in [0.5, 0.6) is 0 Å². The lowest BCUT2D eigenvalue weighted by molar-refractivity contribution is 0.487. The van der Waals surface area contributed by atoms with Crippen LogP contribution in [0.25, 0.3) is 0 Å². The minimum Gasteiger partial charge on any atom is -0.364 e. The van der Waals surface area contributed by atoms with Gasteiger partial charge in [0.25, 0.3) is 0 Å². The van der Waals surface area contributed by atoms with Gasteiger partial charge in [-0.25, -0.2) is 0 Å². The summed E-state index contributed by atoms with van der Waals surface area (Å²) in [5, 5.41) is 3.30. The standard InChI is InChI=1S/C10H13N/c1-8-7-11-9-5-3-4-6-10(8,9)2/h3-5,7,11H,6H2,1-2H3/t10-/m0/s1. The highest BCUT2D eigenvalue weighted by molar-refractivity contribution is 5.39. The van der Waals surface area contributed by atoms with Gasteiger partial charge in [0.15, 0.2) is 0 Å². The summed E-state index contributed by atoms with van der Waals surface area (Å²) < 4.78 is 0. The van der Waals surface area contributed by atoms with Gasteiger partial charge in [-0.3, -0.25) is 0 Å². The van der Waals surface area contributed by atoms with Gasteiger partial charge < -0.3 is 5.32 Å². The van der Waals surface area contributed by atoms with E-state index in [1.807, 2.05) is 0 Å². The molecular weight excluding hydrogens is 134 g/mol. The molecule has 1 atom stereocenters. The first-order chi connectivity index (χ1) is 5.23. The predicted molar refractivity (Wildman–Crippen MR) is 46.8 cm³/mol. The predicted octanol–water partition coefficient (Wildman–Crippen LogP) is 2.34. The molecule has 0 spiro atoms. The second-order valence-electron chi connectivity index (χ2n) is 3.52. The molecule has 58 valence electrons. The molecule has 0 amide bonds. The molecule has 1 nitrogen and oxygen atoms in total. The Labute approximate surface area is 67.5 Å². The van der Waals surface area contributed by atoms with Crippen LogP contribution in [0.2, 0.25) is 0 Å². The van der Waals surface area contributed by atoms with E-state index < -0.39 is 0 Å². The molecule has 0 saturated carbocycles. The average Bonchev–Trinajstić information content (AvgIpc) is 2.29. The smallest absolute Gasteiger partial charge is 0.0333 e. The van der Waals surface area contributed by atoms with Crippen molar-refractivity contribution in [3.05, 3.63) is 35.7 Å². The second kappa shape index (κ2) is 2.00. The number of nitrogens with one attached hydrogen (secondary N) is 1. The highest BCUT2D eigenvalue weighted by atomic mass is 14.9. The minimum absolute atomic E-state index is 0.273. The van der Waals surface area contributed by atoms with E-state index in [0.29, 0.717) is 0 Å². The lowest BCUT2D eigenvalue weighted by Crippen LogP contribution is -2.21. The molecule has 0 aromatic carbocycles. The fraction of sp³-hybridized carbons (Fsp3) is 0.400. The molecule has 1 N–H and O–H groups in total. The van der Waals surface area contributed by atoms with Gasteiger partial charge in [-0.2, -0.15) is 0 Å². The number of hydrogen-bond acceptors (Lipinski definition) is 1. The molecule has 0 radical (unpaired) electrons. The summed E-state index contributed by atoms with van der Waals surface area (Å²) in [5.41, 5.74) is 3.06. The van der Waals surface area contributed by atoms with Crippen LogP contribution in [0.15, 0.2) is 35.7 Å². The fourth-order valence-corrected chi connectivity index (χ4v) is 1.69. The first-order valence-corrected chi connectivity index (χ1v) is 4.04. The van der Waals surface area contributed by atoms with E-state index in [1.165, 1.54) is 11.3 Å². The summed E-state index contributed by atoms with van der Waals surface area (Å²) in [7, 11) is 0. The second-order valence-corrected chi connectivity index (χ2v) is 3.52. The zero-order chi connectivity index (χ0) is 7.90. The summed E-state index contributed by atoms with van der Waals surface area (Å²) in [6.45, 7) is 4.47. The lowest BCUT2D eigenvalue weighted by Gasteiger charge is -2.28. The van der Waals surface area contributed by atoms with Crippen LogP contribution >= 0.6 is 0 Å². The molecule has 1 heterocycles. The Bertz CT molecular complexity index is 271. The molecule has 0 aromatic heterocycles. The zero-order valence-corrected chi connectivity index (χ0v) is 7.02. The Morgan fingerprint density at radius 3 is 3.09 bits per heavy atom. The molecule has 2 rings (SSSR count). The van der Waals surface area contributed by atoms with Gasteiger partial charge in [-0.05, 0) is 31.9 Å². The Kier molecular flexibility index (Phi) is 1.22. The lowest BCUT2D eigenvalue weighted by atomic mass is 9.77. The van der Waals surface area contributed by atoms with Crippen molar-refractivity contribution in [1.29, 1.82) is 0 Å². The molecule has 11 heavy (non-hydrogen) atoms. The van der Waals surface area contributed by atoms with E-state index in [-0.39, 0.29) is 5.41 Å². The van der Waals surface area contributed by atoms with Crippen molar-refractivity contribution in [3.63, 3.8) is 0 Å². The van der Waals surface area contributed by atoms with Crippen molar-refractivity contribution >= 4 is 0 Å². The quantitative estimate of drug-likeness (QED) is 0.554. The largest absolute Gasteiger partial charge is 0.364 e. The Balaban J connectivity index is 2.44.